The van der Waals surface area contributed by atoms with Gasteiger partial charge in [-0.05, 0) is 59.7 Å². The van der Waals surface area contributed by atoms with Crippen LogP contribution >= 0.6 is 0 Å². The number of nitrogens with zero attached hydrogens (tertiary/aromatic N) is 3. The zero-order chi connectivity index (χ0) is 26.5. The van der Waals surface area contributed by atoms with Crippen molar-refractivity contribution in [2.75, 3.05) is 0 Å². The monoisotopic (exact) mass is 511 g/mol. The van der Waals surface area contributed by atoms with Crippen LogP contribution in [0.5, 0.6) is 0 Å². The number of benzene rings is 5. The number of para-hydroxylation sites is 2. The van der Waals surface area contributed by atoms with Gasteiger partial charge in [-0.1, -0.05) is 97.1 Å². The van der Waals surface area contributed by atoms with E-state index in [1.165, 1.54) is 32.8 Å². The van der Waals surface area contributed by atoms with Crippen LogP contribution in [-0.2, 0) is 0 Å². The van der Waals surface area contributed by atoms with Crippen LogP contribution in [0.25, 0.3) is 66.6 Å². The van der Waals surface area contributed by atoms with Crippen molar-refractivity contribution in [2.45, 2.75) is 0 Å². The van der Waals surface area contributed by atoms with Gasteiger partial charge < -0.3 is 9.13 Å². The number of hydrogen-bond donors (Lipinski definition) is 0. The van der Waals surface area contributed by atoms with Gasteiger partial charge in [-0.3, -0.25) is 0 Å². The van der Waals surface area contributed by atoms with E-state index in [0.717, 1.165) is 33.8 Å². The fourth-order valence-electron chi connectivity index (χ4n) is 5.93. The molecule has 3 nitrogen and oxygen atoms in total. The first-order valence-corrected chi connectivity index (χ1v) is 13.6. The summed E-state index contributed by atoms with van der Waals surface area (Å²) in [4.78, 5) is 5.17. The highest BCUT2D eigenvalue weighted by Crippen LogP contribution is 2.38. The topological polar surface area (TPSA) is 22.8 Å². The van der Waals surface area contributed by atoms with Gasteiger partial charge in [-0.25, -0.2) is 4.98 Å². The van der Waals surface area contributed by atoms with E-state index >= 15 is 0 Å². The second-order valence-electron chi connectivity index (χ2n) is 10.1. The van der Waals surface area contributed by atoms with Crippen molar-refractivity contribution in [1.29, 1.82) is 0 Å². The number of rotatable bonds is 4. The highest BCUT2D eigenvalue weighted by Gasteiger charge is 2.17. The third-order valence-corrected chi connectivity index (χ3v) is 7.76. The summed E-state index contributed by atoms with van der Waals surface area (Å²) in [6.45, 7) is 0. The highest BCUT2D eigenvalue weighted by atomic mass is 15.1. The summed E-state index contributed by atoms with van der Waals surface area (Å²) >= 11 is 0. The molecule has 0 aliphatic heterocycles. The van der Waals surface area contributed by atoms with Gasteiger partial charge in [-0.2, -0.15) is 0 Å². The Labute approximate surface area is 232 Å². The maximum absolute atomic E-state index is 5.17. The van der Waals surface area contributed by atoms with Crippen molar-refractivity contribution in [3.8, 4) is 33.9 Å². The van der Waals surface area contributed by atoms with E-state index in [4.69, 9.17) is 4.98 Å². The summed E-state index contributed by atoms with van der Waals surface area (Å²) in [5.41, 5.74) is 9.10. The minimum atomic E-state index is 0.904. The molecular weight excluding hydrogens is 486 g/mol. The normalized spacial score (nSPS) is 11.5. The van der Waals surface area contributed by atoms with E-state index in [1.54, 1.807) is 0 Å². The first-order valence-electron chi connectivity index (χ1n) is 13.6. The van der Waals surface area contributed by atoms with E-state index < -0.39 is 0 Å². The summed E-state index contributed by atoms with van der Waals surface area (Å²) < 4.78 is 4.59. The molecule has 5 aromatic carbocycles. The standard InChI is InChI=1S/C37H25N3/c1-4-12-26(13-5-1)28-24-32(27-14-6-2-7-15-27)38-36(25-28)39-23-22-31-33(39)20-21-35-37(31)30-18-10-11-19-34(30)40(35)29-16-8-3-9-17-29/h1-25H. The van der Waals surface area contributed by atoms with Crippen LogP contribution < -0.4 is 0 Å². The Morgan fingerprint density at radius 1 is 0.450 bits per heavy atom. The van der Waals surface area contributed by atoms with Crippen LogP contribution in [0.1, 0.15) is 0 Å². The highest BCUT2D eigenvalue weighted by molar-refractivity contribution is 6.21. The lowest BCUT2D eigenvalue weighted by Crippen LogP contribution is -1.99. The summed E-state index contributed by atoms with van der Waals surface area (Å²) in [5.74, 6) is 0.904. The fourth-order valence-corrected chi connectivity index (χ4v) is 5.93. The van der Waals surface area contributed by atoms with Crippen molar-refractivity contribution in [3.63, 3.8) is 0 Å². The van der Waals surface area contributed by atoms with E-state index in [-0.39, 0.29) is 0 Å². The minimum Gasteiger partial charge on any atom is -0.309 e. The Hall–Kier alpha value is -5.41. The predicted molar refractivity (Wildman–Crippen MR) is 166 cm³/mol. The van der Waals surface area contributed by atoms with Gasteiger partial charge in [-0.15, -0.1) is 0 Å². The zero-order valence-electron chi connectivity index (χ0n) is 21.8. The Kier molecular flexibility index (Phi) is 5.14. The average molecular weight is 512 g/mol. The summed E-state index contributed by atoms with van der Waals surface area (Å²) in [6.07, 6.45) is 2.16. The Balaban J connectivity index is 1.39. The van der Waals surface area contributed by atoms with Crippen LogP contribution in [0.3, 0.4) is 0 Å². The molecule has 40 heavy (non-hydrogen) atoms. The molecule has 0 fully saturated rings. The molecule has 3 aromatic heterocycles. The zero-order valence-corrected chi connectivity index (χ0v) is 21.8. The molecule has 0 saturated heterocycles. The van der Waals surface area contributed by atoms with Gasteiger partial charge in [0.05, 0.1) is 22.2 Å². The molecule has 0 bridgehead atoms. The second-order valence-corrected chi connectivity index (χ2v) is 10.1. The number of aromatic nitrogens is 3. The van der Waals surface area contributed by atoms with Gasteiger partial charge in [0.1, 0.15) is 5.82 Å². The van der Waals surface area contributed by atoms with Gasteiger partial charge in [0.25, 0.3) is 0 Å². The molecule has 8 rings (SSSR count). The molecule has 3 heterocycles. The first-order chi connectivity index (χ1) is 19.8. The summed E-state index contributed by atoms with van der Waals surface area (Å²) in [7, 11) is 0. The molecule has 0 aliphatic rings. The third kappa shape index (κ3) is 3.56. The van der Waals surface area contributed by atoms with Gasteiger partial charge in [0, 0.05) is 33.6 Å². The van der Waals surface area contributed by atoms with Crippen molar-refractivity contribution < 1.29 is 0 Å². The van der Waals surface area contributed by atoms with Gasteiger partial charge in [0.2, 0.25) is 0 Å². The van der Waals surface area contributed by atoms with E-state index in [9.17, 15) is 0 Å². The molecule has 0 amide bonds. The van der Waals surface area contributed by atoms with Crippen LogP contribution in [0.4, 0.5) is 0 Å². The predicted octanol–water partition coefficient (Wildman–Crippen LogP) is 9.46. The molecular formula is C37H25N3. The average Bonchev–Trinajstić information content (AvgIpc) is 3.61. The first kappa shape index (κ1) is 22.6. The van der Waals surface area contributed by atoms with Crippen LogP contribution in [0.2, 0.25) is 0 Å². The maximum Gasteiger partial charge on any atom is 0.138 e. The summed E-state index contributed by atoms with van der Waals surface area (Å²) in [6, 6.07) is 51.3. The summed E-state index contributed by atoms with van der Waals surface area (Å²) in [5, 5.41) is 3.73. The minimum absolute atomic E-state index is 0.904. The van der Waals surface area contributed by atoms with Crippen molar-refractivity contribution in [1.82, 2.24) is 14.1 Å². The van der Waals surface area contributed by atoms with Gasteiger partial charge in [0.15, 0.2) is 0 Å². The third-order valence-electron chi connectivity index (χ3n) is 7.76. The molecule has 0 atom stereocenters. The fraction of sp³-hybridized carbons (Fsp3) is 0. The Bertz CT molecular complexity index is 2080. The quantitative estimate of drug-likeness (QED) is 0.231. The molecule has 3 heteroatoms. The van der Waals surface area contributed by atoms with Crippen LogP contribution in [0.15, 0.2) is 152 Å². The molecule has 0 radical (unpaired) electrons. The lowest BCUT2D eigenvalue weighted by Gasteiger charge is -2.12. The van der Waals surface area contributed by atoms with E-state index in [2.05, 4.69) is 155 Å². The Morgan fingerprint density at radius 3 is 1.85 bits per heavy atom. The van der Waals surface area contributed by atoms with E-state index in [0.29, 0.717) is 0 Å². The number of fused-ring (bicyclic) bond motifs is 5. The van der Waals surface area contributed by atoms with E-state index in [1.807, 2.05) is 6.07 Å². The van der Waals surface area contributed by atoms with Crippen LogP contribution in [-0.4, -0.2) is 14.1 Å². The molecule has 8 aromatic rings. The van der Waals surface area contributed by atoms with Crippen molar-refractivity contribution in [3.05, 3.63) is 152 Å². The van der Waals surface area contributed by atoms with Crippen molar-refractivity contribution >= 4 is 32.7 Å². The molecule has 0 saturated carbocycles. The Morgan fingerprint density at radius 2 is 1.07 bits per heavy atom. The SMILES string of the molecule is c1ccc(-c2cc(-c3ccccc3)nc(-n3ccc4c5c6ccccc6n(-c6ccccc6)c5ccc43)c2)cc1. The maximum atomic E-state index is 5.17. The number of hydrogen-bond acceptors (Lipinski definition) is 1. The van der Waals surface area contributed by atoms with Gasteiger partial charge >= 0.3 is 0 Å². The molecule has 0 unspecified atom stereocenters. The molecule has 0 spiro atoms. The second kappa shape index (κ2) is 9.11. The van der Waals surface area contributed by atoms with Crippen molar-refractivity contribution in [2.24, 2.45) is 0 Å². The molecule has 188 valence electrons. The lowest BCUT2D eigenvalue weighted by molar-refractivity contribution is 1.05. The largest absolute Gasteiger partial charge is 0.309 e. The lowest BCUT2D eigenvalue weighted by atomic mass is 10.0. The van der Waals surface area contributed by atoms with Crippen LogP contribution in [0, 0.1) is 0 Å². The smallest absolute Gasteiger partial charge is 0.138 e. The molecule has 0 N–H and O–H groups in total. The molecule has 0 aliphatic carbocycles. The number of pyridine rings is 1.